The number of carbonyl (C=O) groups is 1. The van der Waals surface area contributed by atoms with Crippen LogP contribution in [-0.2, 0) is 0 Å². The Morgan fingerprint density at radius 1 is 1.36 bits per heavy atom. The van der Waals surface area contributed by atoms with E-state index in [1.54, 1.807) is 6.92 Å². The van der Waals surface area contributed by atoms with Crippen molar-refractivity contribution in [2.24, 2.45) is 0 Å². The number of hydrogen-bond acceptors (Lipinski definition) is 4. The van der Waals surface area contributed by atoms with Gasteiger partial charge in [-0.15, -0.1) is 0 Å². The summed E-state index contributed by atoms with van der Waals surface area (Å²) >= 11 is 0. The van der Waals surface area contributed by atoms with Gasteiger partial charge in [-0.2, -0.15) is 0 Å². The second-order valence-corrected chi connectivity index (χ2v) is 4.91. The van der Waals surface area contributed by atoms with Crippen molar-refractivity contribution in [1.29, 1.82) is 0 Å². The summed E-state index contributed by atoms with van der Waals surface area (Å²) in [6.45, 7) is 3.70. The van der Waals surface area contributed by atoms with E-state index in [0.29, 0.717) is 0 Å². The van der Waals surface area contributed by atoms with Crippen LogP contribution >= 0.6 is 0 Å². The molecular weight excluding hydrogens is 286 g/mol. The van der Waals surface area contributed by atoms with Crippen molar-refractivity contribution >= 4 is 11.6 Å². The molecular formula is C15H15N3O4. The van der Waals surface area contributed by atoms with Gasteiger partial charge in [0, 0.05) is 6.07 Å². The third kappa shape index (κ3) is 3.20. The fourth-order valence-corrected chi connectivity index (χ4v) is 2.17. The molecule has 1 atom stereocenters. The number of H-pyrrole nitrogens is 1. The summed E-state index contributed by atoms with van der Waals surface area (Å²) in [4.78, 5) is 36.1. The van der Waals surface area contributed by atoms with Crippen LogP contribution in [0.1, 0.15) is 34.5 Å². The third-order valence-electron chi connectivity index (χ3n) is 3.35. The zero-order valence-corrected chi connectivity index (χ0v) is 12.1. The van der Waals surface area contributed by atoms with E-state index in [4.69, 9.17) is 0 Å². The summed E-state index contributed by atoms with van der Waals surface area (Å²) < 4.78 is 0. The second kappa shape index (κ2) is 6.21. The van der Waals surface area contributed by atoms with Gasteiger partial charge >= 0.3 is 0 Å². The molecule has 2 rings (SSSR count). The standard InChI is InChI=1S/C15H15N3O4/c1-9-5-3-4-6-12(9)10(2)17-15(20)13-7-11(18(21)22)8-16-14(13)19/h3-8,10H,1-2H3,(H,16,19)(H,17,20)/t10-/m0/s1. The molecule has 0 aliphatic heterocycles. The highest BCUT2D eigenvalue weighted by molar-refractivity contribution is 5.94. The number of carbonyl (C=O) groups excluding carboxylic acids is 1. The van der Waals surface area contributed by atoms with E-state index in [-0.39, 0.29) is 17.3 Å². The molecule has 114 valence electrons. The van der Waals surface area contributed by atoms with Crippen LogP contribution in [0.5, 0.6) is 0 Å². The lowest BCUT2D eigenvalue weighted by Crippen LogP contribution is -2.31. The highest BCUT2D eigenvalue weighted by Gasteiger charge is 2.18. The number of nitrogens with zero attached hydrogens (tertiary/aromatic N) is 1. The maximum absolute atomic E-state index is 12.2. The van der Waals surface area contributed by atoms with Crippen LogP contribution in [0.2, 0.25) is 0 Å². The van der Waals surface area contributed by atoms with E-state index in [9.17, 15) is 19.7 Å². The molecule has 0 unspecified atom stereocenters. The van der Waals surface area contributed by atoms with Gasteiger partial charge in [-0.3, -0.25) is 19.7 Å². The Bertz CT molecular complexity index is 782. The van der Waals surface area contributed by atoms with Gasteiger partial charge in [0.05, 0.1) is 17.2 Å². The van der Waals surface area contributed by atoms with E-state index in [1.807, 2.05) is 31.2 Å². The SMILES string of the molecule is Cc1ccccc1[C@H](C)NC(=O)c1cc([N+](=O)[O-])c[nH]c1=O. The monoisotopic (exact) mass is 301 g/mol. The average Bonchev–Trinajstić information content (AvgIpc) is 2.47. The normalized spacial score (nSPS) is 11.7. The zero-order valence-electron chi connectivity index (χ0n) is 12.1. The highest BCUT2D eigenvalue weighted by atomic mass is 16.6. The number of aryl methyl sites for hydroxylation is 1. The van der Waals surface area contributed by atoms with E-state index in [0.717, 1.165) is 23.4 Å². The quantitative estimate of drug-likeness (QED) is 0.666. The maximum Gasteiger partial charge on any atom is 0.286 e. The summed E-state index contributed by atoms with van der Waals surface area (Å²) in [7, 11) is 0. The fourth-order valence-electron chi connectivity index (χ4n) is 2.17. The largest absolute Gasteiger partial charge is 0.345 e. The second-order valence-electron chi connectivity index (χ2n) is 4.91. The van der Waals surface area contributed by atoms with Crippen molar-refractivity contribution in [3.63, 3.8) is 0 Å². The van der Waals surface area contributed by atoms with Crippen molar-refractivity contribution in [3.8, 4) is 0 Å². The predicted octanol–water partition coefficient (Wildman–Crippen LogP) is 2.08. The molecule has 0 fully saturated rings. The molecule has 7 nitrogen and oxygen atoms in total. The minimum atomic E-state index is -0.669. The number of nitrogens with one attached hydrogen (secondary N) is 2. The lowest BCUT2D eigenvalue weighted by molar-refractivity contribution is -0.385. The Labute approximate surface area is 126 Å². The summed E-state index contributed by atoms with van der Waals surface area (Å²) in [5.41, 5.74) is 0.629. The highest BCUT2D eigenvalue weighted by Crippen LogP contribution is 2.17. The lowest BCUT2D eigenvalue weighted by Gasteiger charge is -2.16. The molecule has 0 aliphatic carbocycles. The van der Waals surface area contributed by atoms with Gasteiger partial charge in [-0.1, -0.05) is 24.3 Å². The Kier molecular flexibility index (Phi) is 4.36. The van der Waals surface area contributed by atoms with Crippen LogP contribution in [0, 0.1) is 17.0 Å². The number of benzene rings is 1. The molecule has 0 aliphatic rings. The molecule has 0 saturated heterocycles. The maximum atomic E-state index is 12.2. The topological polar surface area (TPSA) is 105 Å². The third-order valence-corrected chi connectivity index (χ3v) is 3.35. The summed E-state index contributed by atoms with van der Waals surface area (Å²) in [5.74, 6) is -0.652. The van der Waals surface area contributed by atoms with Gasteiger partial charge in [0.15, 0.2) is 0 Å². The molecule has 0 radical (unpaired) electrons. The van der Waals surface area contributed by atoms with E-state index >= 15 is 0 Å². The van der Waals surface area contributed by atoms with Crippen molar-refractivity contribution in [2.75, 3.05) is 0 Å². The van der Waals surface area contributed by atoms with Gasteiger partial charge in [-0.25, -0.2) is 0 Å². The first kappa shape index (κ1) is 15.4. The Balaban J connectivity index is 2.26. The van der Waals surface area contributed by atoms with E-state index in [1.165, 1.54) is 0 Å². The van der Waals surface area contributed by atoms with Crippen LogP contribution in [0.3, 0.4) is 0 Å². The number of aromatic nitrogens is 1. The number of nitro groups is 1. The molecule has 1 amide bonds. The van der Waals surface area contributed by atoms with Gasteiger partial charge in [-0.05, 0) is 25.0 Å². The minimum absolute atomic E-state index is 0.283. The summed E-state index contributed by atoms with van der Waals surface area (Å²) in [6.07, 6.45) is 0.962. The molecule has 1 aromatic carbocycles. The molecule has 7 heteroatoms. The van der Waals surface area contributed by atoms with Crippen LogP contribution in [-0.4, -0.2) is 15.8 Å². The molecule has 2 aromatic rings. The summed E-state index contributed by atoms with van der Waals surface area (Å²) in [6, 6.07) is 8.17. The van der Waals surface area contributed by atoms with Crippen LogP contribution in [0.25, 0.3) is 0 Å². The number of hydrogen-bond donors (Lipinski definition) is 2. The first-order valence-corrected chi connectivity index (χ1v) is 6.63. The number of aromatic amines is 1. The average molecular weight is 301 g/mol. The number of amides is 1. The Hall–Kier alpha value is -2.96. The number of rotatable bonds is 4. The van der Waals surface area contributed by atoms with Crippen LogP contribution in [0.4, 0.5) is 5.69 Å². The van der Waals surface area contributed by atoms with E-state index in [2.05, 4.69) is 10.3 Å². The van der Waals surface area contributed by atoms with Crippen LogP contribution in [0.15, 0.2) is 41.3 Å². The smallest absolute Gasteiger partial charge is 0.286 e. The fraction of sp³-hybridized carbons (Fsp3) is 0.200. The molecule has 22 heavy (non-hydrogen) atoms. The predicted molar refractivity (Wildman–Crippen MR) is 80.8 cm³/mol. The number of pyridine rings is 1. The van der Waals surface area contributed by atoms with Gasteiger partial charge in [0.25, 0.3) is 17.2 Å². The molecule has 0 spiro atoms. The molecule has 2 N–H and O–H groups in total. The van der Waals surface area contributed by atoms with Crippen molar-refractivity contribution < 1.29 is 9.72 Å². The van der Waals surface area contributed by atoms with Gasteiger partial charge < -0.3 is 10.3 Å². The summed E-state index contributed by atoms with van der Waals surface area (Å²) in [5, 5.41) is 13.4. The van der Waals surface area contributed by atoms with Crippen molar-refractivity contribution in [2.45, 2.75) is 19.9 Å². The molecule has 0 saturated carbocycles. The van der Waals surface area contributed by atoms with E-state index < -0.39 is 16.4 Å². The lowest BCUT2D eigenvalue weighted by atomic mass is 10.0. The Morgan fingerprint density at radius 3 is 2.68 bits per heavy atom. The van der Waals surface area contributed by atoms with Crippen molar-refractivity contribution in [1.82, 2.24) is 10.3 Å². The van der Waals surface area contributed by atoms with Gasteiger partial charge in [0.1, 0.15) is 5.56 Å². The molecule has 0 bridgehead atoms. The molecule has 1 heterocycles. The first-order chi connectivity index (χ1) is 10.4. The minimum Gasteiger partial charge on any atom is -0.345 e. The van der Waals surface area contributed by atoms with Gasteiger partial charge in [0.2, 0.25) is 0 Å². The Morgan fingerprint density at radius 2 is 2.05 bits per heavy atom. The van der Waals surface area contributed by atoms with Crippen LogP contribution < -0.4 is 10.9 Å². The molecule has 1 aromatic heterocycles. The zero-order chi connectivity index (χ0) is 16.3. The first-order valence-electron chi connectivity index (χ1n) is 6.63. The van der Waals surface area contributed by atoms with Crippen molar-refractivity contribution in [3.05, 3.63) is 73.7 Å².